The minimum absolute atomic E-state index is 0.241. The molecule has 1 aliphatic rings. The van der Waals surface area contributed by atoms with Crippen LogP contribution in [0.25, 0.3) is 0 Å². The molecule has 4 heteroatoms. The minimum Gasteiger partial charge on any atom is -0.380 e. The lowest BCUT2D eigenvalue weighted by atomic mass is 9.96. The molecule has 0 saturated carbocycles. The van der Waals surface area contributed by atoms with Gasteiger partial charge >= 0.3 is 0 Å². The molecule has 2 unspecified atom stereocenters. The van der Waals surface area contributed by atoms with Crippen LogP contribution >= 0.6 is 0 Å². The van der Waals surface area contributed by atoms with Gasteiger partial charge in [-0.1, -0.05) is 13.3 Å². The Morgan fingerprint density at radius 1 is 1.53 bits per heavy atom. The molecule has 1 rings (SSSR count). The van der Waals surface area contributed by atoms with Gasteiger partial charge in [0, 0.05) is 26.6 Å². The molecule has 0 bridgehead atoms. The Kier molecular flexibility index (Phi) is 6.52. The zero-order chi connectivity index (χ0) is 12.7. The van der Waals surface area contributed by atoms with Crippen molar-refractivity contribution >= 4 is 5.91 Å². The number of carbonyl (C=O) groups is 1. The molecule has 0 radical (unpaired) electrons. The normalized spacial score (nSPS) is 21.8. The summed E-state index contributed by atoms with van der Waals surface area (Å²) < 4.78 is 5.27. The van der Waals surface area contributed by atoms with E-state index in [2.05, 4.69) is 6.92 Å². The Morgan fingerprint density at radius 2 is 2.29 bits per heavy atom. The van der Waals surface area contributed by atoms with Crippen molar-refractivity contribution in [1.82, 2.24) is 4.90 Å². The Hall–Kier alpha value is -0.610. The SMILES string of the molecule is CCC(CCN)CCC(=O)N1CCC(OC)C1. The molecule has 1 fully saturated rings. The number of carbonyl (C=O) groups excluding carboxylic acids is 1. The molecule has 2 N–H and O–H groups in total. The third-order valence-corrected chi connectivity index (χ3v) is 3.75. The van der Waals surface area contributed by atoms with Gasteiger partial charge in [0.15, 0.2) is 0 Å². The van der Waals surface area contributed by atoms with E-state index in [1.807, 2.05) is 4.90 Å². The second-order valence-corrected chi connectivity index (χ2v) is 4.88. The third-order valence-electron chi connectivity index (χ3n) is 3.75. The fraction of sp³-hybridized carbons (Fsp3) is 0.923. The van der Waals surface area contributed by atoms with Gasteiger partial charge in [0.25, 0.3) is 0 Å². The highest BCUT2D eigenvalue weighted by molar-refractivity contribution is 5.76. The summed E-state index contributed by atoms with van der Waals surface area (Å²) in [6, 6.07) is 0. The maximum absolute atomic E-state index is 12.0. The van der Waals surface area contributed by atoms with E-state index in [1.165, 1.54) is 0 Å². The third kappa shape index (κ3) is 4.64. The van der Waals surface area contributed by atoms with Crippen molar-refractivity contribution in [2.24, 2.45) is 11.7 Å². The molecule has 1 amide bonds. The lowest BCUT2D eigenvalue weighted by molar-refractivity contribution is -0.130. The largest absolute Gasteiger partial charge is 0.380 e. The van der Waals surface area contributed by atoms with Crippen molar-refractivity contribution in [3.8, 4) is 0 Å². The van der Waals surface area contributed by atoms with Gasteiger partial charge in [0.05, 0.1) is 6.10 Å². The Labute approximate surface area is 104 Å². The molecule has 0 aromatic rings. The summed E-state index contributed by atoms with van der Waals surface area (Å²) in [4.78, 5) is 13.9. The molecule has 0 aromatic carbocycles. The van der Waals surface area contributed by atoms with Crippen molar-refractivity contribution in [1.29, 1.82) is 0 Å². The fourth-order valence-corrected chi connectivity index (χ4v) is 2.42. The first-order valence-electron chi connectivity index (χ1n) is 6.71. The van der Waals surface area contributed by atoms with Crippen molar-refractivity contribution in [3.63, 3.8) is 0 Å². The van der Waals surface area contributed by atoms with Crippen molar-refractivity contribution < 1.29 is 9.53 Å². The number of likely N-dealkylation sites (tertiary alicyclic amines) is 1. The monoisotopic (exact) mass is 242 g/mol. The molecular weight excluding hydrogens is 216 g/mol. The second kappa shape index (κ2) is 7.67. The number of rotatable bonds is 7. The maximum Gasteiger partial charge on any atom is 0.222 e. The van der Waals surface area contributed by atoms with E-state index in [0.29, 0.717) is 12.3 Å². The predicted molar refractivity (Wildman–Crippen MR) is 68.7 cm³/mol. The Morgan fingerprint density at radius 3 is 2.82 bits per heavy atom. The lowest BCUT2D eigenvalue weighted by Gasteiger charge is -2.18. The van der Waals surface area contributed by atoms with Crippen LogP contribution in [0.1, 0.15) is 39.0 Å². The average Bonchev–Trinajstić information content (AvgIpc) is 2.82. The van der Waals surface area contributed by atoms with Crippen LogP contribution in [-0.2, 0) is 9.53 Å². The van der Waals surface area contributed by atoms with E-state index in [4.69, 9.17) is 10.5 Å². The predicted octanol–water partition coefficient (Wildman–Crippen LogP) is 1.39. The molecule has 0 spiro atoms. The molecule has 100 valence electrons. The van der Waals surface area contributed by atoms with Crippen molar-refractivity contribution in [3.05, 3.63) is 0 Å². The van der Waals surface area contributed by atoms with Crippen LogP contribution < -0.4 is 5.73 Å². The number of methoxy groups -OCH3 is 1. The summed E-state index contributed by atoms with van der Waals surface area (Å²) in [7, 11) is 1.72. The minimum atomic E-state index is 0.241. The molecular formula is C13H26N2O2. The zero-order valence-electron chi connectivity index (χ0n) is 11.2. The number of amides is 1. The van der Waals surface area contributed by atoms with Gasteiger partial charge in [-0.05, 0) is 31.7 Å². The first-order valence-corrected chi connectivity index (χ1v) is 6.71. The fourth-order valence-electron chi connectivity index (χ4n) is 2.42. The zero-order valence-corrected chi connectivity index (χ0v) is 11.2. The molecule has 0 aromatic heterocycles. The summed E-state index contributed by atoms with van der Waals surface area (Å²) in [5, 5.41) is 0. The van der Waals surface area contributed by atoms with Crippen LogP contribution in [0.15, 0.2) is 0 Å². The number of hydrogen-bond acceptors (Lipinski definition) is 3. The highest BCUT2D eigenvalue weighted by Gasteiger charge is 2.25. The van der Waals surface area contributed by atoms with Crippen LogP contribution in [0.4, 0.5) is 0 Å². The van der Waals surface area contributed by atoms with Crippen LogP contribution in [-0.4, -0.2) is 43.7 Å². The average molecular weight is 242 g/mol. The van der Waals surface area contributed by atoms with Gasteiger partial charge < -0.3 is 15.4 Å². The summed E-state index contributed by atoms with van der Waals surface area (Å²) in [5.41, 5.74) is 5.56. The molecule has 2 atom stereocenters. The number of nitrogens with zero attached hydrogens (tertiary/aromatic N) is 1. The second-order valence-electron chi connectivity index (χ2n) is 4.88. The smallest absolute Gasteiger partial charge is 0.222 e. The van der Waals surface area contributed by atoms with Gasteiger partial charge in [-0.2, -0.15) is 0 Å². The maximum atomic E-state index is 12.0. The molecule has 4 nitrogen and oxygen atoms in total. The highest BCUT2D eigenvalue weighted by Crippen LogP contribution is 2.18. The van der Waals surface area contributed by atoms with Gasteiger partial charge in [0.1, 0.15) is 0 Å². The molecule has 0 aliphatic carbocycles. The van der Waals surface area contributed by atoms with Gasteiger partial charge in [0.2, 0.25) is 5.91 Å². The van der Waals surface area contributed by atoms with E-state index in [1.54, 1.807) is 7.11 Å². The molecule has 1 aliphatic heterocycles. The first-order chi connectivity index (χ1) is 8.21. The first kappa shape index (κ1) is 14.5. The summed E-state index contributed by atoms with van der Waals surface area (Å²) in [6.45, 7) is 4.51. The topological polar surface area (TPSA) is 55.6 Å². The Balaban J connectivity index is 2.25. The van der Waals surface area contributed by atoms with Crippen LogP contribution in [0.5, 0.6) is 0 Å². The quantitative estimate of drug-likeness (QED) is 0.734. The van der Waals surface area contributed by atoms with E-state index >= 15 is 0 Å². The van der Waals surface area contributed by atoms with Gasteiger partial charge in [-0.25, -0.2) is 0 Å². The standard InChI is InChI=1S/C13H26N2O2/c1-3-11(6-8-14)4-5-13(16)15-9-7-12(10-15)17-2/h11-12H,3-10,14H2,1-2H3. The van der Waals surface area contributed by atoms with E-state index in [0.717, 1.165) is 45.3 Å². The molecule has 17 heavy (non-hydrogen) atoms. The molecule has 1 saturated heterocycles. The molecule has 1 heterocycles. The Bertz CT molecular complexity index is 233. The number of nitrogens with two attached hydrogens (primary N) is 1. The van der Waals surface area contributed by atoms with Crippen LogP contribution in [0, 0.1) is 5.92 Å². The van der Waals surface area contributed by atoms with E-state index in [-0.39, 0.29) is 12.0 Å². The highest BCUT2D eigenvalue weighted by atomic mass is 16.5. The summed E-state index contributed by atoms with van der Waals surface area (Å²) in [6.07, 6.45) is 5.00. The van der Waals surface area contributed by atoms with E-state index in [9.17, 15) is 4.79 Å². The number of ether oxygens (including phenoxy) is 1. The van der Waals surface area contributed by atoms with Gasteiger partial charge in [-0.3, -0.25) is 4.79 Å². The van der Waals surface area contributed by atoms with Crippen molar-refractivity contribution in [2.45, 2.75) is 45.1 Å². The summed E-state index contributed by atoms with van der Waals surface area (Å²) >= 11 is 0. The van der Waals surface area contributed by atoms with E-state index < -0.39 is 0 Å². The van der Waals surface area contributed by atoms with Crippen LogP contribution in [0.3, 0.4) is 0 Å². The van der Waals surface area contributed by atoms with Gasteiger partial charge in [-0.15, -0.1) is 0 Å². The lowest BCUT2D eigenvalue weighted by Crippen LogP contribution is -2.30. The summed E-state index contributed by atoms with van der Waals surface area (Å²) in [5.74, 6) is 0.879. The number of hydrogen-bond donors (Lipinski definition) is 1. The van der Waals surface area contributed by atoms with Crippen molar-refractivity contribution in [2.75, 3.05) is 26.7 Å². The van der Waals surface area contributed by atoms with Crippen LogP contribution in [0.2, 0.25) is 0 Å².